The van der Waals surface area contributed by atoms with Gasteiger partial charge in [-0.1, -0.05) is 19.1 Å². The average Bonchev–Trinajstić information content (AvgIpc) is 2.49. The third kappa shape index (κ3) is 5.85. The van der Waals surface area contributed by atoms with Crippen LogP contribution < -0.4 is 11.1 Å². The molecule has 1 aromatic carbocycles. The van der Waals surface area contributed by atoms with Gasteiger partial charge in [0.25, 0.3) is 0 Å². The molecule has 0 saturated carbocycles. The highest BCUT2D eigenvalue weighted by Gasteiger charge is 2.08. The van der Waals surface area contributed by atoms with E-state index in [1.165, 1.54) is 5.56 Å². The van der Waals surface area contributed by atoms with Gasteiger partial charge in [0.2, 0.25) is 5.91 Å². The second-order valence-electron chi connectivity index (χ2n) is 4.76. The predicted molar refractivity (Wildman–Crippen MR) is 88.5 cm³/mol. The number of aliphatic imine (C=N–C) groups is 1. The van der Waals surface area contributed by atoms with Crippen LogP contribution in [-0.2, 0) is 11.2 Å². The van der Waals surface area contributed by atoms with Crippen molar-refractivity contribution in [3.63, 3.8) is 0 Å². The van der Waals surface area contributed by atoms with Crippen molar-refractivity contribution in [2.45, 2.75) is 33.6 Å². The lowest BCUT2D eigenvalue weighted by molar-refractivity contribution is -0.130. The average molecular weight is 290 g/mol. The maximum atomic E-state index is 11.8. The van der Waals surface area contributed by atoms with Crippen molar-refractivity contribution >= 4 is 17.6 Å². The van der Waals surface area contributed by atoms with Crippen molar-refractivity contribution in [3.05, 3.63) is 29.8 Å². The molecule has 5 nitrogen and oxygen atoms in total. The number of amides is 1. The van der Waals surface area contributed by atoms with Crippen molar-refractivity contribution < 1.29 is 4.79 Å². The maximum absolute atomic E-state index is 11.8. The minimum Gasteiger partial charge on any atom is -0.370 e. The standard InChI is InChI=1S/C16H26N4O/c1-4-13-7-9-14(10-8-13)19-16(17)18-12-11-15(21)20(5-2)6-3/h7-10H,4-6,11-12H2,1-3H3,(H3,17,18,19). The Kier molecular flexibility index (Phi) is 7.29. The van der Waals surface area contributed by atoms with E-state index in [0.717, 1.165) is 25.2 Å². The zero-order chi connectivity index (χ0) is 15.7. The Morgan fingerprint density at radius 3 is 2.33 bits per heavy atom. The van der Waals surface area contributed by atoms with E-state index >= 15 is 0 Å². The Balaban J connectivity index is 2.43. The molecule has 0 heterocycles. The van der Waals surface area contributed by atoms with Gasteiger partial charge in [-0.25, -0.2) is 0 Å². The van der Waals surface area contributed by atoms with E-state index in [1.807, 2.05) is 26.0 Å². The van der Waals surface area contributed by atoms with Crippen LogP contribution in [0, 0.1) is 0 Å². The number of anilines is 1. The molecular formula is C16H26N4O. The van der Waals surface area contributed by atoms with Gasteiger partial charge in [-0.15, -0.1) is 0 Å². The first kappa shape index (κ1) is 17.0. The molecular weight excluding hydrogens is 264 g/mol. The summed E-state index contributed by atoms with van der Waals surface area (Å²) < 4.78 is 0. The van der Waals surface area contributed by atoms with Crippen LogP contribution in [0.1, 0.15) is 32.8 Å². The zero-order valence-electron chi connectivity index (χ0n) is 13.2. The van der Waals surface area contributed by atoms with Crippen LogP contribution in [0.5, 0.6) is 0 Å². The molecule has 116 valence electrons. The summed E-state index contributed by atoms with van der Waals surface area (Å²) in [6.07, 6.45) is 1.40. The highest BCUT2D eigenvalue weighted by atomic mass is 16.2. The number of rotatable bonds is 7. The van der Waals surface area contributed by atoms with E-state index in [4.69, 9.17) is 5.73 Å². The molecule has 0 radical (unpaired) electrons. The van der Waals surface area contributed by atoms with Crippen LogP contribution in [0.15, 0.2) is 29.3 Å². The fourth-order valence-electron chi connectivity index (χ4n) is 2.02. The smallest absolute Gasteiger partial charge is 0.224 e. The van der Waals surface area contributed by atoms with Gasteiger partial charge in [0.1, 0.15) is 0 Å². The van der Waals surface area contributed by atoms with E-state index in [1.54, 1.807) is 4.90 Å². The Morgan fingerprint density at radius 2 is 1.81 bits per heavy atom. The monoisotopic (exact) mass is 290 g/mol. The number of aryl methyl sites for hydroxylation is 1. The largest absolute Gasteiger partial charge is 0.370 e. The molecule has 1 aromatic rings. The summed E-state index contributed by atoms with van der Waals surface area (Å²) in [7, 11) is 0. The van der Waals surface area contributed by atoms with E-state index < -0.39 is 0 Å². The second-order valence-corrected chi connectivity index (χ2v) is 4.76. The molecule has 0 aromatic heterocycles. The summed E-state index contributed by atoms with van der Waals surface area (Å²) in [5.74, 6) is 0.454. The molecule has 21 heavy (non-hydrogen) atoms. The number of nitrogens with one attached hydrogen (secondary N) is 1. The van der Waals surface area contributed by atoms with Gasteiger partial charge in [0, 0.05) is 25.2 Å². The zero-order valence-corrected chi connectivity index (χ0v) is 13.2. The molecule has 0 aliphatic carbocycles. The molecule has 0 atom stereocenters. The van der Waals surface area contributed by atoms with Gasteiger partial charge < -0.3 is 16.0 Å². The highest BCUT2D eigenvalue weighted by molar-refractivity contribution is 5.92. The van der Waals surface area contributed by atoms with Crippen LogP contribution in [0.2, 0.25) is 0 Å². The van der Waals surface area contributed by atoms with Gasteiger partial charge >= 0.3 is 0 Å². The van der Waals surface area contributed by atoms with Gasteiger partial charge in [0.05, 0.1) is 6.54 Å². The molecule has 0 aliphatic rings. The molecule has 0 unspecified atom stereocenters. The number of nitrogens with zero attached hydrogens (tertiary/aromatic N) is 2. The predicted octanol–water partition coefficient (Wildman–Crippen LogP) is 2.23. The van der Waals surface area contributed by atoms with Crippen molar-refractivity contribution in [2.75, 3.05) is 25.0 Å². The Labute approximate surface area is 127 Å². The first-order chi connectivity index (χ1) is 10.1. The van der Waals surface area contributed by atoms with E-state index in [-0.39, 0.29) is 5.91 Å². The SMILES string of the molecule is CCc1ccc(NC(N)=NCCC(=O)N(CC)CC)cc1. The number of hydrogen-bond acceptors (Lipinski definition) is 2. The lowest BCUT2D eigenvalue weighted by Gasteiger charge is -2.17. The van der Waals surface area contributed by atoms with Crippen molar-refractivity contribution in [1.82, 2.24) is 4.90 Å². The number of nitrogens with two attached hydrogens (primary N) is 1. The van der Waals surface area contributed by atoms with E-state index in [0.29, 0.717) is 18.9 Å². The molecule has 1 amide bonds. The lowest BCUT2D eigenvalue weighted by Crippen LogP contribution is -2.31. The fourth-order valence-corrected chi connectivity index (χ4v) is 2.02. The molecule has 0 aliphatic heterocycles. The Morgan fingerprint density at radius 1 is 1.19 bits per heavy atom. The Bertz CT molecular complexity index is 464. The maximum Gasteiger partial charge on any atom is 0.224 e. The van der Waals surface area contributed by atoms with Crippen LogP contribution in [-0.4, -0.2) is 36.4 Å². The molecule has 0 fully saturated rings. The topological polar surface area (TPSA) is 70.7 Å². The van der Waals surface area contributed by atoms with Gasteiger partial charge in [-0.2, -0.15) is 0 Å². The van der Waals surface area contributed by atoms with Crippen molar-refractivity contribution in [3.8, 4) is 0 Å². The van der Waals surface area contributed by atoms with Crippen LogP contribution >= 0.6 is 0 Å². The molecule has 5 heteroatoms. The molecule has 3 N–H and O–H groups in total. The molecule has 0 saturated heterocycles. The minimum absolute atomic E-state index is 0.115. The quantitative estimate of drug-likeness (QED) is 0.597. The third-order valence-corrected chi connectivity index (χ3v) is 3.36. The van der Waals surface area contributed by atoms with Crippen LogP contribution in [0.4, 0.5) is 5.69 Å². The normalized spacial score (nSPS) is 11.3. The summed E-state index contributed by atoms with van der Waals surface area (Å²) in [6.45, 7) is 7.93. The first-order valence-electron chi connectivity index (χ1n) is 7.54. The van der Waals surface area contributed by atoms with E-state index in [2.05, 4.69) is 29.4 Å². The number of benzene rings is 1. The summed E-state index contributed by atoms with van der Waals surface area (Å²) in [5.41, 5.74) is 8.00. The molecule has 1 rings (SSSR count). The van der Waals surface area contributed by atoms with Crippen molar-refractivity contribution in [2.24, 2.45) is 10.7 Å². The van der Waals surface area contributed by atoms with E-state index in [9.17, 15) is 4.79 Å². The highest BCUT2D eigenvalue weighted by Crippen LogP contribution is 2.09. The summed E-state index contributed by atoms with van der Waals surface area (Å²) in [6, 6.07) is 8.06. The van der Waals surface area contributed by atoms with Crippen LogP contribution in [0.25, 0.3) is 0 Å². The number of carbonyl (C=O) groups is 1. The number of hydrogen-bond donors (Lipinski definition) is 2. The second kappa shape index (κ2) is 9.00. The summed E-state index contributed by atoms with van der Waals surface area (Å²) in [5, 5.41) is 3.03. The first-order valence-corrected chi connectivity index (χ1v) is 7.54. The summed E-state index contributed by atoms with van der Waals surface area (Å²) in [4.78, 5) is 17.8. The van der Waals surface area contributed by atoms with Gasteiger partial charge in [-0.05, 0) is 38.0 Å². The third-order valence-electron chi connectivity index (χ3n) is 3.36. The lowest BCUT2D eigenvalue weighted by atomic mass is 10.1. The summed E-state index contributed by atoms with van der Waals surface area (Å²) >= 11 is 0. The fraction of sp³-hybridized carbons (Fsp3) is 0.500. The van der Waals surface area contributed by atoms with Crippen LogP contribution in [0.3, 0.4) is 0 Å². The Hall–Kier alpha value is -2.04. The van der Waals surface area contributed by atoms with Gasteiger partial charge in [-0.3, -0.25) is 9.79 Å². The van der Waals surface area contributed by atoms with Crippen molar-refractivity contribution in [1.29, 1.82) is 0 Å². The minimum atomic E-state index is 0.115. The molecule has 0 bridgehead atoms. The van der Waals surface area contributed by atoms with Gasteiger partial charge in [0.15, 0.2) is 5.96 Å². The number of carbonyl (C=O) groups excluding carboxylic acids is 1. The number of guanidine groups is 1. The molecule has 0 spiro atoms.